The van der Waals surface area contributed by atoms with Crippen molar-refractivity contribution in [1.29, 1.82) is 0 Å². The molecule has 1 unspecified atom stereocenters. The summed E-state index contributed by atoms with van der Waals surface area (Å²) in [6, 6.07) is 0. The van der Waals surface area contributed by atoms with Crippen molar-refractivity contribution in [3.63, 3.8) is 0 Å². The summed E-state index contributed by atoms with van der Waals surface area (Å²) in [7, 11) is 2.37. The zero-order valence-corrected chi connectivity index (χ0v) is 14.0. The number of hydrogen-bond donors (Lipinski definition) is 0. The monoisotopic (exact) mass is 334 g/mol. The number of hydrogen-bond acceptors (Lipinski definition) is 1. The van der Waals surface area contributed by atoms with E-state index < -0.39 is 0 Å². The molecule has 0 saturated heterocycles. The highest BCUT2D eigenvalue weighted by atomic mass is 79.9. The Balaban J connectivity index is 2.02. The lowest BCUT2D eigenvalue weighted by Crippen LogP contribution is -2.01. The van der Waals surface area contributed by atoms with E-state index in [4.69, 9.17) is 0 Å². The smallest absolute Gasteiger partial charge is 0.000372 e. The Hall–Kier alpha value is 0.790. The second-order valence-corrected chi connectivity index (χ2v) is 11.5. The Morgan fingerprint density at radius 2 is 1.41 bits per heavy atom. The summed E-state index contributed by atoms with van der Waals surface area (Å²) in [5.74, 6) is 0. The van der Waals surface area contributed by atoms with Crippen LogP contribution in [0.15, 0.2) is 10.5 Å². The minimum atomic E-state index is 0.310. The third-order valence-corrected chi connectivity index (χ3v) is 9.37. The second-order valence-electron chi connectivity index (χ2n) is 5.09. The molecular formula is C14H23BrS2. The maximum absolute atomic E-state index is 3.87. The van der Waals surface area contributed by atoms with Crippen LogP contribution < -0.4 is 0 Å². The average Bonchev–Trinajstić information content (AvgIpc) is 2.54. The van der Waals surface area contributed by atoms with E-state index in [2.05, 4.69) is 32.5 Å². The summed E-state index contributed by atoms with van der Waals surface area (Å²) in [5, 5.41) is 0. The molecule has 2 aliphatic rings. The van der Waals surface area contributed by atoms with E-state index in [-0.39, 0.29) is 0 Å². The first-order valence-electron chi connectivity index (χ1n) is 6.94. The highest BCUT2D eigenvalue weighted by Gasteiger charge is 2.20. The Morgan fingerprint density at radius 3 is 2.06 bits per heavy atom. The highest BCUT2D eigenvalue weighted by molar-refractivity contribution is 9.64. The topological polar surface area (TPSA) is 0 Å². The predicted molar refractivity (Wildman–Crippen MR) is 88.0 cm³/mol. The normalized spacial score (nSPS) is 28.6. The molecule has 98 valence electrons. The molecule has 0 aromatic heterocycles. The highest BCUT2D eigenvalue weighted by Crippen LogP contribution is 2.53. The molecule has 1 aliphatic carbocycles. The van der Waals surface area contributed by atoms with Crippen molar-refractivity contribution in [1.82, 2.24) is 0 Å². The van der Waals surface area contributed by atoms with Crippen molar-refractivity contribution >= 4 is 38.4 Å². The fraction of sp³-hybridized carbons (Fsp3) is 0.786. The first-order chi connectivity index (χ1) is 8.29. The van der Waals surface area contributed by atoms with Crippen molar-refractivity contribution in [3.8, 4) is 0 Å². The first kappa shape index (κ1) is 14.2. The van der Waals surface area contributed by atoms with E-state index in [0.717, 1.165) is 0 Å². The Morgan fingerprint density at radius 1 is 0.882 bits per heavy atom. The number of allylic oxidation sites excluding steroid dienone is 2. The molecule has 0 radical (unpaired) electrons. The van der Waals surface area contributed by atoms with Gasteiger partial charge in [0.25, 0.3) is 0 Å². The number of halogens is 1. The maximum Gasteiger partial charge on any atom is 0.000372 e. The fourth-order valence-electron chi connectivity index (χ4n) is 2.70. The molecule has 2 rings (SSSR count). The number of rotatable bonds is 0. The van der Waals surface area contributed by atoms with Crippen LogP contribution in [-0.4, -0.2) is 4.86 Å². The summed E-state index contributed by atoms with van der Waals surface area (Å²) in [4.78, 5) is 3.34. The largest absolute Gasteiger partial charge is 0.0571 e. The minimum absolute atomic E-state index is 0.310. The summed E-state index contributed by atoms with van der Waals surface area (Å²) >= 11 is 3.87. The van der Waals surface area contributed by atoms with Crippen LogP contribution in [0.4, 0.5) is 0 Å². The molecule has 1 atom stereocenters. The van der Waals surface area contributed by atoms with Gasteiger partial charge in [-0.05, 0) is 57.9 Å². The summed E-state index contributed by atoms with van der Waals surface area (Å²) in [5.41, 5.74) is 1.72. The average molecular weight is 335 g/mol. The van der Waals surface area contributed by atoms with E-state index in [9.17, 15) is 0 Å². The van der Waals surface area contributed by atoms with Crippen LogP contribution in [0, 0.1) is 0 Å². The third-order valence-electron chi connectivity index (χ3n) is 3.73. The second kappa shape index (κ2) is 7.40. The number of fused-ring (bicyclic) bond motifs is 1. The predicted octanol–water partition coefficient (Wildman–Crippen LogP) is 6.59. The van der Waals surface area contributed by atoms with Crippen LogP contribution >= 0.6 is 33.6 Å². The molecule has 0 N–H and O–H groups in total. The van der Waals surface area contributed by atoms with Gasteiger partial charge in [0.2, 0.25) is 0 Å². The summed E-state index contributed by atoms with van der Waals surface area (Å²) in [6.07, 6.45) is 14.2. The molecule has 0 aromatic carbocycles. The minimum Gasteiger partial charge on any atom is -0.0571 e. The van der Waals surface area contributed by atoms with Crippen LogP contribution in [0.3, 0.4) is 0 Å². The van der Waals surface area contributed by atoms with Gasteiger partial charge < -0.3 is 0 Å². The molecule has 3 heteroatoms. The zero-order valence-electron chi connectivity index (χ0n) is 10.8. The molecule has 17 heavy (non-hydrogen) atoms. The third kappa shape index (κ3) is 4.14. The molecule has 1 heterocycles. The molecule has 0 amide bonds. The van der Waals surface area contributed by atoms with Gasteiger partial charge in [0.05, 0.1) is 0 Å². The molecule has 0 spiro atoms. The molecule has 1 saturated carbocycles. The van der Waals surface area contributed by atoms with Gasteiger partial charge in [-0.3, -0.25) is 0 Å². The molecule has 0 aromatic rings. The van der Waals surface area contributed by atoms with Crippen LogP contribution in [0.1, 0.15) is 71.1 Å². The molecule has 1 fully saturated rings. The van der Waals surface area contributed by atoms with Gasteiger partial charge in [-0.2, -0.15) is 0 Å². The van der Waals surface area contributed by atoms with Gasteiger partial charge in [0, 0.05) is 4.86 Å². The van der Waals surface area contributed by atoms with Gasteiger partial charge in [0.1, 0.15) is 0 Å². The molecular weight excluding hydrogens is 312 g/mol. The van der Waals surface area contributed by atoms with Crippen LogP contribution in [0.5, 0.6) is 0 Å². The summed E-state index contributed by atoms with van der Waals surface area (Å²) < 4.78 is 0. The summed E-state index contributed by atoms with van der Waals surface area (Å²) in [6.45, 7) is 2.32. The lowest BCUT2D eigenvalue weighted by atomic mass is 9.97. The van der Waals surface area contributed by atoms with E-state index in [1.165, 1.54) is 64.2 Å². The van der Waals surface area contributed by atoms with Crippen molar-refractivity contribution < 1.29 is 0 Å². The van der Waals surface area contributed by atoms with Gasteiger partial charge in [-0.1, -0.05) is 57.3 Å². The molecule has 0 nitrogen and oxygen atoms in total. The fourth-order valence-corrected chi connectivity index (χ4v) is 8.83. The Labute approximate surface area is 120 Å². The van der Waals surface area contributed by atoms with Crippen LogP contribution in [-0.2, 0) is 0 Å². The maximum atomic E-state index is 3.87. The lowest BCUT2D eigenvalue weighted by molar-refractivity contribution is 0.568. The van der Waals surface area contributed by atoms with Crippen molar-refractivity contribution in [2.24, 2.45) is 0 Å². The van der Waals surface area contributed by atoms with Crippen molar-refractivity contribution in [3.05, 3.63) is 10.5 Å². The van der Waals surface area contributed by atoms with Crippen molar-refractivity contribution in [2.45, 2.75) is 71.1 Å². The first-order valence-corrected chi connectivity index (χ1v) is 11.3. The molecule has 1 aliphatic heterocycles. The van der Waals surface area contributed by atoms with Gasteiger partial charge >= 0.3 is 0 Å². The van der Waals surface area contributed by atoms with Crippen LogP contribution in [0.2, 0.25) is 0 Å². The van der Waals surface area contributed by atoms with E-state index in [1.54, 1.807) is 15.3 Å². The van der Waals surface area contributed by atoms with Gasteiger partial charge in [-0.15, -0.1) is 0 Å². The van der Waals surface area contributed by atoms with Gasteiger partial charge in [-0.25, -0.2) is 0 Å². The quantitative estimate of drug-likeness (QED) is 0.355. The van der Waals surface area contributed by atoms with E-state index >= 15 is 0 Å². The van der Waals surface area contributed by atoms with Gasteiger partial charge in [0.15, 0.2) is 0 Å². The van der Waals surface area contributed by atoms with E-state index in [1.807, 2.05) is 0 Å². The SMILES string of the molecule is CC1=C2CCCCCCCCCCC2=S(Br)S1. The Bertz CT molecular complexity index is 299. The lowest BCUT2D eigenvalue weighted by Gasteiger charge is -2.11. The van der Waals surface area contributed by atoms with E-state index in [0.29, 0.717) is 7.95 Å². The Kier molecular flexibility index (Phi) is 6.18. The zero-order chi connectivity index (χ0) is 12.1. The van der Waals surface area contributed by atoms with Crippen LogP contribution in [0.25, 0.3) is 0 Å². The molecule has 0 bridgehead atoms. The van der Waals surface area contributed by atoms with Crippen molar-refractivity contribution in [2.75, 3.05) is 0 Å². The standard InChI is InChI=1S/C14H23BrS2/c1-12-13-10-8-6-4-2-3-5-7-9-11-14(13)17(15)16-12/h2-11H2,1H3.